The smallest absolute Gasteiger partial charge is 0.162 e. The number of aliphatic hydroxyl groups excluding tert-OH is 1. The standard InChI is InChI=1S/C16H25NO3/c1-12-5-4-8-16(9-12,11-18)17-10-13-6-3-7-14(20-2)15(13)19/h3,6-7,12,17-19H,4-5,8-11H2,1-2H3. The lowest BCUT2D eigenvalue weighted by Crippen LogP contribution is -2.51. The summed E-state index contributed by atoms with van der Waals surface area (Å²) in [6.45, 7) is 2.91. The zero-order chi connectivity index (χ0) is 14.6. The third kappa shape index (κ3) is 3.25. The maximum Gasteiger partial charge on any atom is 0.162 e. The summed E-state index contributed by atoms with van der Waals surface area (Å²) in [5.41, 5.74) is 0.586. The van der Waals surface area contributed by atoms with E-state index in [1.54, 1.807) is 13.2 Å². The maximum atomic E-state index is 10.1. The molecule has 112 valence electrons. The fourth-order valence-corrected chi connectivity index (χ4v) is 3.18. The van der Waals surface area contributed by atoms with Crippen LogP contribution in [0.15, 0.2) is 18.2 Å². The predicted molar refractivity (Wildman–Crippen MR) is 78.9 cm³/mol. The topological polar surface area (TPSA) is 61.7 Å². The lowest BCUT2D eigenvalue weighted by Gasteiger charge is -2.39. The first-order valence-corrected chi connectivity index (χ1v) is 7.31. The fraction of sp³-hybridized carbons (Fsp3) is 0.625. The maximum absolute atomic E-state index is 10.1. The van der Waals surface area contributed by atoms with E-state index in [2.05, 4.69) is 12.2 Å². The van der Waals surface area contributed by atoms with Gasteiger partial charge in [-0.15, -0.1) is 0 Å². The number of benzene rings is 1. The number of ether oxygens (including phenoxy) is 1. The molecule has 0 bridgehead atoms. The average molecular weight is 279 g/mol. The zero-order valence-electron chi connectivity index (χ0n) is 12.4. The highest BCUT2D eigenvalue weighted by molar-refractivity contribution is 5.45. The summed E-state index contributed by atoms with van der Waals surface area (Å²) >= 11 is 0. The van der Waals surface area contributed by atoms with Crippen LogP contribution in [0.5, 0.6) is 11.5 Å². The van der Waals surface area contributed by atoms with Crippen LogP contribution in [0.3, 0.4) is 0 Å². The largest absolute Gasteiger partial charge is 0.504 e. The van der Waals surface area contributed by atoms with Crippen molar-refractivity contribution in [1.29, 1.82) is 0 Å². The second-order valence-electron chi connectivity index (χ2n) is 5.96. The van der Waals surface area contributed by atoms with Gasteiger partial charge in [0.15, 0.2) is 11.5 Å². The van der Waals surface area contributed by atoms with E-state index in [9.17, 15) is 10.2 Å². The van der Waals surface area contributed by atoms with Crippen molar-refractivity contribution in [3.63, 3.8) is 0 Å². The molecule has 1 aliphatic rings. The number of rotatable bonds is 5. The summed E-state index contributed by atoms with van der Waals surface area (Å²) in [6.07, 6.45) is 4.33. The van der Waals surface area contributed by atoms with Crippen molar-refractivity contribution in [2.45, 2.75) is 44.7 Å². The van der Waals surface area contributed by atoms with E-state index in [1.165, 1.54) is 6.42 Å². The molecule has 1 aromatic carbocycles. The summed E-state index contributed by atoms with van der Waals surface area (Å²) in [4.78, 5) is 0. The molecule has 20 heavy (non-hydrogen) atoms. The first-order valence-electron chi connectivity index (χ1n) is 7.31. The minimum Gasteiger partial charge on any atom is -0.504 e. The Kier molecular flexibility index (Phi) is 4.89. The highest BCUT2D eigenvalue weighted by Gasteiger charge is 2.33. The summed E-state index contributed by atoms with van der Waals surface area (Å²) in [5.74, 6) is 1.29. The van der Waals surface area contributed by atoms with Crippen molar-refractivity contribution in [3.05, 3.63) is 23.8 Å². The van der Waals surface area contributed by atoms with Crippen LogP contribution in [0.2, 0.25) is 0 Å². The summed E-state index contributed by atoms with van der Waals surface area (Å²) < 4.78 is 5.12. The molecule has 4 nitrogen and oxygen atoms in total. The molecule has 0 heterocycles. The van der Waals surface area contributed by atoms with Gasteiger partial charge in [0.1, 0.15) is 0 Å². The van der Waals surface area contributed by atoms with E-state index in [1.807, 2.05) is 12.1 Å². The summed E-state index contributed by atoms with van der Waals surface area (Å²) in [5, 5.41) is 23.3. The van der Waals surface area contributed by atoms with Gasteiger partial charge >= 0.3 is 0 Å². The third-order valence-corrected chi connectivity index (χ3v) is 4.35. The molecule has 0 spiro atoms. The monoisotopic (exact) mass is 279 g/mol. The van der Waals surface area contributed by atoms with E-state index in [-0.39, 0.29) is 17.9 Å². The minimum absolute atomic E-state index is 0.141. The van der Waals surface area contributed by atoms with Gasteiger partial charge in [0, 0.05) is 17.6 Å². The van der Waals surface area contributed by atoms with Crippen LogP contribution in [0.4, 0.5) is 0 Å². The zero-order valence-corrected chi connectivity index (χ0v) is 12.4. The Hall–Kier alpha value is -1.26. The molecule has 1 aromatic rings. The molecular formula is C16H25NO3. The molecule has 0 aliphatic heterocycles. The van der Waals surface area contributed by atoms with Crippen molar-refractivity contribution < 1.29 is 14.9 Å². The van der Waals surface area contributed by atoms with E-state index < -0.39 is 0 Å². The molecule has 4 heteroatoms. The number of phenolic OH excluding ortho intramolecular Hbond substituents is 1. The average Bonchev–Trinajstić information content (AvgIpc) is 2.46. The molecule has 2 atom stereocenters. The van der Waals surface area contributed by atoms with Crippen molar-refractivity contribution >= 4 is 0 Å². The molecule has 2 unspecified atom stereocenters. The molecule has 1 aliphatic carbocycles. The normalized spacial score (nSPS) is 26.4. The number of hydrogen-bond acceptors (Lipinski definition) is 4. The highest BCUT2D eigenvalue weighted by Crippen LogP contribution is 2.34. The van der Waals surface area contributed by atoms with Gasteiger partial charge in [-0.05, 0) is 24.8 Å². The van der Waals surface area contributed by atoms with Crippen LogP contribution in [0.25, 0.3) is 0 Å². The SMILES string of the molecule is COc1cccc(CNC2(CO)CCCC(C)C2)c1O. The van der Waals surface area contributed by atoms with Gasteiger partial charge in [-0.2, -0.15) is 0 Å². The van der Waals surface area contributed by atoms with Gasteiger partial charge in [-0.25, -0.2) is 0 Å². The quantitative estimate of drug-likeness (QED) is 0.774. The Morgan fingerprint density at radius 2 is 2.25 bits per heavy atom. The molecule has 0 radical (unpaired) electrons. The van der Waals surface area contributed by atoms with Crippen molar-refractivity contribution in [2.24, 2.45) is 5.92 Å². The molecule has 1 fully saturated rings. The first kappa shape index (κ1) is 15.1. The van der Waals surface area contributed by atoms with Gasteiger partial charge in [0.25, 0.3) is 0 Å². The van der Waals surface area contributed by atoms with Crippen LogP contribution in [0.1, 0.15) is 38.2 Å². The Bertz CT molecular complexity index is 449. The number of phenols is 1. The second-order valence-corrected chi connectivity index (χ2v) is 5.96. The van der Waals surface area contributed by atoms with Crippen LogP contribution in [0, 0.1) is 5.92 Å². The highest BCUT2D eigenvalue weighted by atomic mass is 16.5. The Morgan fingerprint density at radius 1 is 1.45 bits per heavy atom. The fourth-order valence-electron chi connectivity index (χ4n) is 3.18. The molecule has 0 saturated heterocycles. The van der Waals surface area contributed by atoms with Crippen molar-refractivity contribution in [3.8, 4) is 11.5 Å². The molecule has 2 rings (SSSR count). The van der Waals surface area contributed by atoms with Gasteiger partial charge < -0.3 is 20.3 Å². The van der Waals surface area contributed by atoms with E-state index in [0.29, 0.717) is 18.2 Å². The second kappa shape index (κ2) is 6.46. The Balaban J connectivity index is 2.07. The molecule has 0 aromatic heterocycles. The summed E-state index contributed by atoms with van der Waals surface area (Å²) in [7, 11) is 1.55. The predicted octanol–water partition coefficient (Wildman–Crippen LogP) is 2.43. The van der Waals surface area contributed by atoms with Gasteiger partial charge in [-0.1, -0.05) is 31.9 Å². The molecule has 1 saturated carbocycles. The van der Waals surface area contributed by atoms with E-state index in [4.69, 9.17) is 4.74 Å². The number of aliphatic hydroxyl groups is 1. The molecule has 3 N–H and O–H groups in total. The van der Waals surface area contributed by atoms with Crippen LogP contribution >= 0.6 is 0 Å². The van der Waals surface area contributed by atoms with Gasteiger partial charge in [-0.3, -0.25) is 0 Å². The Morgan fingerprint density at radius 3 is 2.90 bits per heavy atom. The number of hydrogen-bond donors (Lipinski definition) is 3. The number of aromatic hydroxyl groups is 1. The number of nitrogens with one attached hydrogen (secondary N) is 1. The van der Waals surface area contributed by atoms with Crippen LogP contribution < -0.4 is 10.1 Å². The third-order valence-electron chi connectivity index (χ3n) is 4.35. The van der Waals surface area contributed by atoms with E-state index in [0.717, 1.165) is 24.8 Å². The van der Waals surface area contributed by atoms with Gasteiger partial charge in [0.2, 0.25) is 0 Å². The molecule has 0 amide bonds. The van der Waals surface area contributed by atoms with Crippen LogP contribution in [-0.2, 0) is 6.54 Å². The summed E-state index contributed by atoms with van der Waals surface area (Å²) in [6, 6.07) is 5.48. The number of para-hydroxylation sites is 1. The Labute approximate surface area is 120 Å². The van der Waals surface area contributed by atoms with Gasteiger partial charge in [0.05, 0.1) is 13.7 Å². The van der Waals surface area contributed by atoms with Crippen LogP contribution in [-0.4, -0.2) is 29.5 Å². The van der Waals surface area contributed by atoms with Crippen molar-refractivity contribution in [2.75, 3.05) is 13.7 Å². The van der Waals surface area contributed by atoms with E-state index >= 15 is 0 Å². The first-order chi connectivity index (χ1) is 9.60. The minimum atomic E-state index is -0.215. The lowest BCUT2D eigenvalue weighted by atomic mass is 9.76. The van der Waals surface area contributed by atoms with Crippen molar-refractivity contribution in [1.82, 2.24) is 5.32 Å². The number of methoxy groups -OCH3 is 1. The lowest BCUT2D eigenvalue weighted by molar-refractivity contribution is 0.0980. The molecular weight excluding hydrogens is 254 g/mol.